The third-order valence-corrected chi connectivity index (χ3v) is 3.32. The van der Waals surface area contributed by atoms with E-state index in [1.165, 1.54) is 42.9 Å². The average Bonchev–Trinajstić information content (AvgIpc) is 2.35. The SMILES string of the molecule is CC[N+](CC)(CC)CC.[O-]c1ccccn1. The van der Waals surface area contributed by atoms with Gasteiger partial charge in [-0.1, -0.05) is 12.1 Å². The van der Waals surface area contributed by atoms with E-state index in [0.29, 0.717) is 0 Å². The number of hydrogen-bond acceptors (Lipinski definition) is 2. The van der Waals surface area contributed by atoms with E-state index in [0.717, 1.165) is 0 Å². The van der Waals surface area contributed by atoms with Crippen LogP contribution in [0, 0.1) is 0 Å². The van der Waals surface area contributed by atoms with Crippen LogP contribution in [-0.4, -0.2) is 35.6 Å². The van der Waals surface area contributed by atoms with Crippen LogP contribution in [0.3, 0.4) is 0 Å². The standard InChI is InChI=1S/C8H20N.C5H5NO/c1-5-9(6-2,7-3)8-4;7-5-3-1-2-4-6-5/h5-8H2,1-4H3;1-4H,(H,6,7)/q+1;/p-1. The molecule has 3 heteroatoms. The largest absolute Gasteiger partial charge is 0.859 e. The van der Waals surface area contributed by atoms with Crippen molar-refractivity contribution in [2.24, 2.45) is 0 Å². The van der Waals surface area contributed by atoms with Crippen molar-refractivity contribution in [1.29, 1.82) is 0 Å². The molecule has 0 amide bonds. The summed E-state index contributed by atoms with van der Waals surface area (Å²) in [6, 6.07) is 4.79. The highest BCUT2D eigenvalue weighted by atomic mass is 16.3. The van der Waals surface area contributed by atoms with Gasteiger partial charge in [0.2, 0.25) is 0 Å². The predicted molar refractivity (Wildman–Crippen MR) is 66.1 cm³/mol. The summed E-state index contributed by atoms with van der Waals surface area (Å²) in [5.74, 6) is -0.178. The van der Waals surface area contributed by atoms with Gasteiger partial charge in [0.05, 0.1) is 26.2 Å². The molecule has 16 heavy (non-hydrogen) atoms. The summed E-state index contributed by atoms with van der Waals surface area (Å²) >= 11 is 0. The van der Waals surface area contributed by atoms with Crippen LogP contribution >= 0.6 is 0 Å². The first-order valence-electron chi connectivity index (χ1n) is 6.07. The first-order valence-corrected chi connectivity index (χ1v) is 6.07. The van der Waals surface area contributed by atoms with Crippen LogP contribution in [0.1, 0.15) is 27.7 Å². The Hall–Kier alpha value is -1.09. The normalized spacial score (nSPS) is 10.5. The molecule has 1 aromatic rings. The minimum absolute atomic E-state index is 0.178. The monoisotopic (exact) mass is 224 g/mol. The van der Waals surface area contributed by atoms with Crippen molar-refractivity contribution in [2.75, 3.05) is 26.2 Å². The van der Waals surface area contributed by atoms with Crippen molar-refractivity contribution in [2.45, 2.75) is 27.7 Å². The molecule has 92 valence electrons. The maximum Gasteiger partial charge on any atom is 0.0757 e. The van der Waals surface area contributed by atoms with Crippen LogP contribution in [0.5, 0.6) is 5.88 Å². The Morgan fingerprint density at radius 1 is 1.00 bits per heavy atom. The number of quaternary nitrogens is 1. The second-order valence-electron chi connectivity index (χ2n) is 3.77. The Kier molecular flexibility index (Phi) is 7.56. The minimum Gasteiger partial charge on any atom is -0.859 e. The van der Waals surface area contributed by atoms with E-state index in [1.54, 1.807) is 12.1 Å². The fraction of sp³-hybridized carbons (Fsp3) is 0.615. The molecular weight excluding hydrogens is 200 g/mol. The van der Waals surface area contributed by atoms with Crippen LogP contribution < -0.4 is 5.11 Å². The second-order valence-corrected chi connectivity index (χ2v) is 3.77. The lowest BCUT2D eigenvalue weighted by molar-refractivity contribution is -0.921. The van der Waals surface area contributed by atoms with E-state index in [2.05, 4.69) is 32.7 Å². The van der Waals surface area contributed by atoms with Gasteiger partial charge in [-0.2, -0.15) is 0 Å². The van der Waals surface area contributed by atoms with Gasteiger partial charge < -0.3 is 9.59 Å². The molecule has 0 fully saturated rings. The summed E-state index contributed by atoms with van der Waals surface area (Å²) in [6.45, 7) is 14.2. The molecule has 0 bridgehead atoms. The highest BCUT2D eigenvalue weighted by molar-refractivity contribution is 5.04. The quantitative estimate of drug-likeness (QED) is 0.734. The van der Waals surface area contributed by atoms with Gasteiger partial charge in [-0.3, -0.25) is 4.98 Å². The molecule has 0 atom stereocenters. The van der Waals surface area contributed by atoms with Crippen molar-refractivity contribution in [3.05, 3.63) is 24.4 Å². The highest BCUT2D eigenvalue weighted by Crippen LogP contribution is 2.03. The van der Waals surface area contributed by atoms with Crippen molar-refractivity contribution in [3.8, 4) is 5.88 Å². The van der Waals surface area contributed by atoms with Gasteiger partial charge in [0, 0.05) is 6.20 Å². The molecule has 3 nitrogen and oxygen atoms in total. The molecule has 0 aliphatic carbocycles. The van der Waals surface area contributed by atoms with E-state index in [-0.39, 0.29) is 5.88 Å². The molecule has 0 saturated heterocycles. The third kappa shape index (κ3) is 5.12. The molecule has 0 spiro atoms. The summed E-state index contributed by atoms with van der Waals surface area (Å²) in [4.78, 5) is 3.42. The van der Waals surface area contributed by atoms with Crippen molar-refractivity contribution >= 4 is 0 Å². The number of hydrogen-bond donors (Lipinski definition) is 0. The van der Waals surface area contributed by atoms with Crippen molar-refractivity contribution in [1.82, 2.24) is 4.98 Å². The smallest absolute Gasteiger partial charge is 0.0757 e. The Morgan fingerprint density at radius 2 is 1.50 bits per heavy atom. The Balaban J connectivity index is 0.000000288. The summed E-state index contributed by atoms with van der Waals surface area (Å²) < 4.78 is 1.28. The number of rotatable bonds is 4. The summed E-state index contributed by atoms with van der Waals surface area (Å²) in [5, 5.41) is 10.2. The van der Waals surface area contributed by atoms with Gasteiger partial charge in [-0.25, -0.2) is 0 Å². The van der Waals surface area contributed by atoms with E-state index in [4.69, 9.17) is 0 Å². The van der Waals surface area contributed by atoms with Crippen LogP contribution in [0.25, 0.3) is 0 Å². The lowest BCUT2D eigenvalue weighted by Crippen LogP contribution is -2.47. The maximum absolute atomic E-state index is 10.2. The highest BCUT2D eigenvalue weighted by Gasteiger charge is 2.16. The summed E-state index contributed by atoms with van der Waals surface area (Å²) in [6.07, 6.45) is 1.47. The van der Waals surface area contributed by atoms with Crippen LogP contribution in [0.2, 0.25) is 0 Å². The molecule has 1 aromatic heterocycles. The maximum atomic E-state index is 10.2. The molecule has 1 rings (SSSR count). The zero-order valence-corrected chi connectivity index (χ0v) is 10.9. The Morgan fingerprint density at radius 3 is 1.62 bits per heavy atom. The van der Waals surface area contributed by atoms with Crippen LogP contribution in [0.15, 0.2) is 24.4 Å². The second kappa shape index (κ2) is 8.11. The molecule has 0 aliphatic heterocycles. The van der Waals surface area contributed by atoms with Crippen LogP contribution in [-0.2, 0) is 0 Å². The van der Waals surface area contributed by atoms with Gasteiger partial charge >= 0.3 is 0 Å². The van der Waals surface area contributed by atoms with Gasteiger partial charge in [-0.15, -0.1) is 0 Å². The molecule has 0 aromatic carbocycles. The van der Waals surface area contributed by atoms with Crippen molar-refractivity contribution in [3.63, 3.8) is 0 Å². The molecule has 1 heterocycles. The van der Waals surface area contributed by atoms with E-state index in [9.17, 15) is 5.11 Å². The molecular formula is C13H24N2O. The predicted octanol–water partition coefficient (Wildman–Crippen LogP) is 2.04. The van der Waals surface area contributed by atoms with Crippen LogP contribution in [0.4, 0.5) is 0 Å². The van der Waals surface area contributed by atoms with E-state index < -0.39 is 0 Å². The molecule has 0 saturated carbocycles. The molecule has 0 radical (unpaired) electrons. The van der Waals surface area contributed by atoms with Gasteiger partial charge in [0.15, 0.2) is 0 Å². The summed E-state index contributed by atoms with van der Waals surface area (Å²) in [7, 11) is 0. The molecule has 0 N–H and O–H groups in total. The zero-order valence-electron chi connectivity index (χ0n) is 10.9. The number of nitrogens with zero attached hydrogens (tertiary/aromatic N) is 2. The molecule has 0 aliphatic rings. The average molecular weight is 224 g/mol. The van der Waals surface area contributed by atoms with E-state index >= 15 is 0 Å². The minimum atomic E-state index is -0.178. The lowest BCUT2D eigenvalue weighted by atomic mass is 10.3. The number of aromatic nitrogens is 1. The Bertz CT molecular complexity index is 240. The van der Waals surface area contributed by atoms with Gasteiger partial charge in [0.1, 0.15) is 0 Å². The third-order valence-electron chi connectivity index (χ3n) is 3.32. The Labute approximate surface area is 99.3 Å². The van der Waals surface area contributed by atoms with Crippen molar-refractivity contribution < 1.29 is 9.59 Å². The fourth-order valence-corrected chi connectivity index (χ4v) is 1.69. The topological polar surface area (TPSA) is 36.0 Å². The fourth-order valence-electron chi connectivity index (χ4n) is 1.69. The summed E-state index contributed by atoms with van der Waals surface area (Å²) in [5.41, 5.74) is 0. The van der Waals surface area contributed by atoms with Gasteiger partial charge in [0.25, 0.3) is 0 Å². The molecule has 0 unspecified atom stereocenters. The lowest BCUT2D eigenvalue weighted by Gasteiger charge is -2.34. The number of pyridine rings is 1. The first-order chi connectivity index (χ1) is 7.64. The van der Waals surface area contributed by atoms with Gasteiger partial charge in [-0.05, 0) is 39.6 Å². The van der Waals surface area contributed by atoms with E-state index in [1.807, 2.05) is 0 Å². The first kappa shape index (κ1) is 14.9. The zero-order chi connectivity index (χ0) is 12.4.